The van der Waals surface area contributed by atoms with Gasteiger partial charge in [-0.2, -0.15) is 0 Å². The molecular formula is C11H16N4OS. The van der Waals surface area contributed by atoms with E-state index in [4.69, 9.17) is 22.7 Å². The molecule has 1 aliphatic rings. The van der Waals surface area contributed by atoms with E-state index in [0.29, 0.717) is 11.6 Å². The fourth-order valence-electron chi connectivity index (χ4n) is 1.76. The fraction of sp³-hybridized carbons (Fsp3) is 0.545. The molecule has 0 amide bonds. The summed E-state index contributed by atoms with van der Waals surface area (Å²) in [6.45, 7) is 2.57. The van der Waals surface area contributed by atoms with Crippen molar-refractivity contribution < 1.29 is 4.74 Å². The van der Waals surface area contributed by atoms with Crippen LogP contribution in [0.2, 0.25) is 0 Å². The number of nitrogens with one attached hydrogen (secondary N) is 1. The van der Waals surface area contributed by atoms with Gasteiger partial charge < -0.3 is 15.8 Å². The number of ether oxygens (including phenoxy) is 1. The van der Waals surface area contributed by atoms with Crippen molar-refractivity contribution in [3.63, 3.8) is 0 Å². The van der Waals surface area contributed by atoms with E-state index in [1.165, 1.54) is 6.42 Å². The quantitative estimate of drug-likeness (QED) is 0.777. The first kappa shape index (κ1) is 12.2. The third-order valence-corrected chi connectivity index (χ3v) is 2.94. The van der Waals surface area contributed by atoms with Crippen LogP contribution in [-0.2, 0) is 4.74 Å². The number of thiocarbonyl (C=S) groups is 1. The summed E-state index contributed by atoms with van der Waals surface area (Å²) in [5, 5.41) is 3.24. The van der Waals surface area contributed by atoms with Gasteiger partial charge in [-0.15, -0.1) is 0 Å². The van der Waals surface area contributed by atoms with Crippen molar-refractivity contribution in [2.45, 2.75) is 12.8 Å². The summed E-state index contributed by atoms with van der Waals surface area (Å²) in [6.07, 6.45) is 5.57. The van der Waals surface area contributed by atoms with Crippen LogP contribution in [-0.4, -0.2) is 34.7 Å². The molecule has 0 bridgehead atoms. The zero-order valence-electron chi connectivity index (χ0n) is 9.56. The van der Waals surface area contributed by atoms with E-state index in [0.717, 1.165) is 32.0 Å². The van der Waals surface area contributed by atoms with E-state index in [1.54, 1.807) is 12.4 Å². The molecule has 0 spiro atoms. The van der Waals surface area contributed by atoms with Gasteiger partial charge >= 0.3 is 0 Å². The lowest BCUT2D eigenvalue weighted by Gasteiger charge is -2.22. The molecule has 1 aromatic rings. The van der Waals surface area contributed by atoms with Crippen molar-refractivity contribution in [3.8, 4) is 0 Å². The summed E-state index contributed by atoms with van der Waals surface area (Å²) in [4.78, 5) is 8.59. The summed E-state index contributed by atoms with van der Waals surface area (Å²) in [7, 11) is 0. The second kappa shape index (κ2) is 5.88. The van der Waals surface area contributed by atoms with E-state index < -0.39 is 0 Å². The van der Waals surface area contributed by atoms with E-state index in [-0.39, 0.29) is 4.99 Å². The van der Waals surface area contributed by atoms with Crippen LogP contribution in [0.15, 0.2) is 12.4 Å². The van der Waals surface area contributed by atoms with Crippen LogP contribution in [0.4, 0.5) is 5.82 Å². The Hall–Kier alpha value is -1.27. The van der Waals surface area contributed by atoms with Gasteiger partial charge in [-0.1, -0.05) is 12.2 Å². The molecule has 1 fully saturated rings. The number of nitrogens with two attached hydrogens (primary N) is 1. The molecule has 2 heterocycles. The lowest BCUT2D eigenvalue weighted by atomic mass is 10.0. The van der Waals surface area contributed by atoms with Crippen LogP contribution in [0.3, 0.4) is 0 Å². The highest BCUT2D eigenvalue weighted by atomic mass is 32.1. The minimum Gasteiger partial charge on any atom is -0.388 e. The zero-order chi connectivity index (χ0) is 12.1. The Morgan fingerprint density at radius 2 is 2.41 bits per heavy atom. The Morgan fingerprint density at radius 3 is 3.00 bits per heavy atom. The van der Waals surface area contributed by atoms with Crippen LogP contribution >= 0.6 is 12.2 Å². The Morgan fingerprint density at radius 1 is 1.53 bits per heavy atom. The molecule has 6 heteroatoms. The van der Waals surface area contributed by atoms with Crippen molar-refractivity contribution in [2.24, 2.45) is 11.7 Å². The lowest BCUT2D eigenvalue weighted by molar-refractivity contribution is 0.0595. The largest absolute Gasteiger partial charge is 0.388 e. The Bertz CT molecular complexity index is 376. The van der Waals surface area contributed by atoms with Gasteiger partial charge in [-0.3, -0.25) is 0 Å². The van der Waals surface area contributed by atoms with E-state index in [1.807, 2.05) is 0 Å². The highest BCUT2D eigenvalue weighted by molar-refractivity contribution is 7.80. The summed E-state index contributed by atoms with van der Waals surface area (Å²) < 4.78 is 5.41. The highest BCUT2D eigenvalue weighted by Gasteiger charge is 2.13. The first-order chi connectivity index (χ1) is 8.25. The molecule has 17 heavy (non-hydrogen) atoms. The van der Waals surface area contributed by atoms with Gasteiger partial charge in [0.2, 0.25) is 0 Å². The first-order valence-electron chi connectivity index (χ1n) is 5.69. The Balaban J connectivity index is 1.84. The van der Waals surface area contributed by atoms with Crippen LogP contribution in [0.5, 0.6) is 0 Å². The van der Waals surface area contributed by atoms with Crippen molar-refractivity contribution >= 4 is 23.0 Å². The van der Waals surface area contributed by atoms with Crippen LogP contribution in [0.1, 0.15) is 18.5 Å². The number of aromatic nitrogens is 2. The van der Waals surface area contributed by atoms with Crippen LogP contribution in [0.25, 0.3) is 0 Å². The number of hydrogen-bond acceptors (Lipinski definition) is 5. The number of rotatable bonds is 4. The van der Waals surface area contributed by atoms with E-state index >= 15 is 0 Å². The van der Waals surface area contributed by atoms with Gasteiger partial charge in [0, 0.05) is 13.2 Å². The number of hydrogen-bond donors (Lipinski definition) is 2. The molecule has 0 radical (unpaired) electrons. The molecule has 0 saturated carbocycles. The predicted octanol–water partition coefficient (Wildman–Crippen LogP) is 0.949. The smallest absolute Gasteiger partial charge is 0.144 e. The van der Waals surface area contributed by atoms with Gasteiger partial charge in [0.1, 0.15) is 16.5 Å². The van der Waals surface area contributed by atoms with Gasteiger partial charge in [-0.25, -0.2) is 9.97 Å². The van der Waals surface area contributed by atoms with E-state index in [9.17, 15) is 0 Å². The predicted molar refractivity (Wildman–Crippen MR) is 70.0 cm³/mol. The summed E-state index contributed by atoms with van der Waals surface area (Å²) in [5.41, 5.74) is 5.99. The summed E-state index contributed by atoms with van der Waals surface area (Å²) >= 11 is 4.81. The van der Waals surface area contributed by atoms with E-state index in [2.05, 4.69) is 15.3 Å². The number of anilines is 1. The van der Waals surface area contributed by atoms with Gasteiger partial charge in [0.15, 0.2) is 0 Å². The maximum absolute atomic E-state index is 5.45. The van der Waals surface area contributed by atoms with Crippen molar-refractivity contribution in [1.82, 2.24) is 9.97 Å². The maximum Gasteiger partial charge on any atom is 0.144 e. The third kappa shape index (κ3) is 3.61. The van der Waals surface area contributed by atoms with Gasteiger partial charge in [0.25, 0.3) is 0 Å². The molecule has 1 aromatic heterocycles. The topological polar surface area (TPSA) is 73.1 Å². The minimum absolute atomic E-state index is 0.268. The monoisotopic (exact) mass is 252 g/mol. The Labute approximate surface area is 106 Å². The maximum atomic E-state index is 5.45. The average molecular weight is 252 g/mol. The van der Waals surface area contributed by atoms with Crippen molar-refractivity contribution in [3.05, 3.63) is 18.1 Å². The lowest BCUT2D eigenvalue weighted by Crippen LogP contribution is -2.24. The van der Waals surface area contributed by atoms with Gasteiger partial charge in [0.05, 0.1) is 19.0 Å². The van der Waals surface area contributed by atoms with Gasteiger partial charge in [-0.05, 0) is 18.8 Å². The zero-order valence-corrected chi connectivity index (χ0v) is 10.4. The molecule has 0 aliphatic carbocycles. The highest BCUT2D eigenvalue weighted by Crippen LogP contribution is 2.14. The molecule has 2 rings (SSSR count). The molecule has 0 aromatic carbocycles. The number of nitrogens with zero attached hydrogens (tertiary/aromatic N) is 2. The molecular weight excluding hydrogens is 236 g/mol. The van der Waals surface area contributed by atoms with Crippen molar-refractivity contribution in [1.29, 1.82) is 0 Å². The van der Waals surface area contributed by atoms with Crippen LogP contribution < -0.4 is 11.1 Å². The fourth-order valence-corrected chi connectivity index (χ4v) is 1.87. The Kier molecular flexibility index (Phi) is 4.22. The molecule has 1 atom stereocenters. The standard InChI is InChI=1S/C11H16N4OS/c12-11(17)9-5-15-10(6-13-9)14-4-8-2-1-3-16-7-8/h5-6,8H,1-4,7H2,(H2,12,17)(H,14,15). The molecule has 1 unspecified atom stereocenters. The molecule has 1 aliphatic heterocycles. The summed E-state index contributed by atoms with van der Waals surface area (Å²) in [6, 6.07) is 0. The second-order valence-corrected chi connectivity index (χ2v) is 4.56. The van der Waals surface area contributed by atoms with Crippen LogP contribution in [0, 0.1) is 5.92 Å². The molecule has 92 valence electrons. The average Bonchev–Trinajstić information content (AvgIpc) is 2.38. The first-order valence-corrected chi connectivity index (χ1v) is 6.10. The second-order valence-electron chi connectivity index (χ2n) is 4.12. The minimum atomic E-state index is 0.268. The SMILES string of the molecule is NC(=S)c1cnc(NCC2CCCOC2)cn1. The normalized spacial score (nSPS) is 19.9. The summed E-state index contributed by atoms with van der Waals surface area (Å²) in [5.74, 6) is 1.30. The molecule has 3 N–H and O–H groups in total. The third-order valence-electron chi connectivity index (χ3n) is 2.73. The molecule has 1 saturated heterocycles. The van der Waals surface area contributed by atoms with Crippen molar-refractivity contribution in [2.75, 3.05) is 25.1 Å². The molecule has 5 nitrogen and oxygen atoms in total.